The number of fused-ring (bicyclic) bond motifs is 21. The van der Waals surface area contributed by atoms with Crippen LogP contribution in [-0.4, -0.2) is 0 Å². The third kappa shape index (κ3) is 18.6. The van der Waals surface area contributed by atoms with E-state index < -0.39 is 0 Å². The number of rotatable bonds is 7. The maximum atomic E-state index is 2.33. The Bertz CT molecular complexity index is 9380. The summed E-state index contributed by atoms with van der Waals surface area (Å²) in [5.41, 5.74) is 27.6. The molecule has 0 aliphatic carbocycles. The summed E-state index contributed by atoms with van der Waals surface area (Å²) in [5.74, 6) is 0. The van der Waals surface area contributed by atoms with Gasteiger partial charge in [-0.3, -0.25) is 0 Å². The number of hydrogen-bond acceptors (Lipinski definition) is 7. The van der Waals surface area contributed by atoms with Crippen LogP contribution < -0.4 is 0 Å². The highest BCUT2D eigenvalue weighted by Gasteiger charge is 2.18. The molecule has 0 atom stereocenters. The molecule has 7 aromatic heterocycles. The van der Waals surface area contributed by atoms with Crippen molar-refractivity contribution in [1.29, 1.82) is 0 Å². The first-order chi connectivity index (χ1) is 68.8. The molecule has 28 rings (SSSR count). The molecule has 0 saturated heterocycles. The summed E-state index contributed by atoms with van der Waals surface area (Å²) in [4.78, 5) is 0. The molecular formula is C133H98S7. The van der Waals surface area contributed by atoms with Crippen LogP contribution in [0, 0.1) is 48.5 Å². The molecule has 0 bridgehead atoms. The van der Waals surface area contributed by atoms with Crippen LogP contribution in [-0.2, 0) is 0 Å². The summed E-state index contributed by atoms with van der Waals surface area (Å²) in [6.45, 7) is 15.1. The molecule has 0 unspecified atom stereocenters. The molecule has 0 spiro atoms. The van der Waals surface area contributed by atoms with Crippen molar-refractivity contribution < 1.29 is 0 Å². The van der Waals surface area contributed by atoms with Crippen LogP contribution in [0.3, 0.4) is 0 Å². The van der Waals surface area contributed by atoms with Crippen LogP contribution in [0.1, 0.15) is 38.9 Å². The Kier molecular flexibility index (Phi) is 26.0. The molecule has 0 aliphatic heterocycles. The second-order valence-electron chi connectivity index (χ2n) is 36.0. The summed E-state index contributed by atoms with van der Waals surface area (Å²) in [7, 11) is 0. The fourth-order valence-corrected chi connectivity index (χ4v) is 27.6. The lowest BCUT2D eigenvalue weighted by molar-refractivity contribution is 1.46. The average Bonchev–Trinajstić information content (AvgIpc) is 1.68. The van der Waals surface area contributed by atoms with Crippen molar-refractivity contribution >= 4 is 221 Å². The Labute approximate surface area is 845 Å². The van der Waals surface area contributed by atoms with E-state index in [4.69, 9.17) is 0 Å². The van der Waals surface area contributed by atoms with Crippen LogP contribution >= 0.6 is 79.4 Å². The van der Waals surface area contributed by atoms with Gasteiger partial charge >= 0.3 is 0 Å². The Morgan fingerprint density at radius 1 is 0.114 bits per heavy atom. The number of thiophene rings is 7. The fourth-order valence-electron chi connectivity index (χ4n) is 19.3. The third-order valence-corrected chi connectivity index (χ3v) is 35.0. The van der Waals surface area contributed by atoms with Gasteiger partial charge in [0.25, 0.3) is 0 Å². The SMILES string of the molecule is Cc1ccc(-c2ccc3sc4ccccc4c3c2)cc1.Cc1ccc(-c2cccc3c2sc2ccccc23)cc1.Cc1cccc(-c2ccc3sc4ccccc4c3c2)c1.Cc1cccc(-c2cccc3c2sc2ccccc23)c1.Cc1cccc2c1sc1c(-c3ccccc3)cccc12.Cc1ccccc1-c1ccc2sc3ccccc3c2c1.Cc1ccccc1-c1cccc2c1sc1ccccc12. The van der Waals surface area contributed by atoms with Crippen molar-refractivity contribution in [3.05, 3.63) is 506 Å². The molecule has 28 aromatic rings. The highest BCUT2D eigenvalue weighted by Crippen LogP contribution is 2.48. The summed E-state index contributed by atoms with van der Waals surface area (Å²) in [6, 6.07) is 168. The maximum absolute atomic E-state index is 2.33. The van der Waals surface area contributed by atoms with E-state index in [9.17, 15) is 0 Å². The number of hydrogen-bond donors (Lipinski definition) is 0. The highest BCUT2D eigenvalue weighted by molar-refractivity contribution is 7.28. The van der Waals surface area contributed by atoms with E-state index >= 15 is 0 Å². The summed E-state index contributed by atoms with van der Waals surface area (Å²) in [5, 5.41) is 19.1. The monoisotopic (exact) mass is 1920 g/mol. The minimum Gasteiger partial charge on any atom is -0.135 e. The smallest absolute Gasteiger partial charge is 0.0433 e. The van der Waals surface area contributed by atoms with E-state index in [-0.39, 0.29) is 0 Å². The molecule has 140 heavy (non-hydrogen) atoms. The lowest BCUT2D eigenvalue weighted by atomic mass is 9.99. The minimum atomic E-state index is 1.28. The molecular weight excluding hydrogens is 1820 g/mol. The molecule has 7 heteroatoms. The van der Waals surface area contributed by atoms with E-state index in [0.29, 0.717) is 0 Å². The Morgan fingerprint density at radius 2 is 0.364 bits per heavy atom. The first-order valence-electron chi connectivity index (χ1n) is 47.6. The standard InChI is InChI=1S/7C19H14S/c1-13-6-4-7-14(12-13)15-9-5-10-17-16-8-2-3-11-18(16)20-19(15)17;1-13-7-2-3-8-14(13)16-10-6-11-17-15-9-4-5-12-18(15)20-19(16)17;1-13-5-4-6-14(11-13)15-9-10-19-17(12-15)16-7-2-3-8-18(16)20-19;1-13-6-2-3-7-15(13)14-10-11-19-17(12-14)16-8-4-5-9-18(16)20-19;1-13-9-11-14(12-10-13)15-6-4-7-17-16-5-2-3-8-18(16)20-19(15)17;1-13-7-5-11-16-17-12-6-10-15(19(17)20-18(13)16)14-8-3-2-4-9-14;1-13-6-8-14(9-7-13)15-10-11-19-17(12-15)16-4-2-3-5-18(16)20-19/h7*2-12H,1H3. The predicted octanol–water partition coefficient (Wildman–Crippen LogP) is 42.2. The zero-order valence-corrected chi connectivity index (χ0v) is 84.5. The van der Waals surface area contributed by atoms with Crippen molar-refractivity contribution in [3.8, 4) is 77.9 Å². The third-order valence-electron chi connectivity index (χ3n) is 26.5. The van der Waals surface area contributed by atoms with Gasteiger partial charge in [-0.15, -0.1) is 79.4 Å². The Balaban J connectivity index is 0.0000000939. The zero-order valence-electron chi connectivity index (χ0n) is 78.8. The lowest BCUT2D eigenvalue weighted by Gasteiger charge is -2.06. The first kappa shape index (κ1) is 90.3. The Hall–Kier alpha value is -14.8. The lowest BCUT2D eigenvalue weighted by Crippen LogP contribution is -1.82. The topological polar surface area (TPSA) is 0 Å². The maximum Gasteiger partial charge on any atom is 0.0433 e. The van der Waals surface area contributed by atoms with Gasteiger partial charge in [-0.2, -0.15) is 0 Å². The second-order valence-corrected chi connectivity index (χ2v) is 43.4. The predicted molar refractivity (Wildman–Crippen MR) is 627 cm³/mol. The van der Waals surface area contributed by atoms with Crippen LogP contribution in [0.25, 0.3) is 219 Å². The molecule has 0 aliphatic rings. The first-order valence-corrected chi connectivity index (χ1v) is 53.3. The molecule has 0 fully saturated rings. The molecule has 0 saturated carbocycles. The second kappa shape index (κ2) is 40.3. The normalized spacial score (nSPS) is 11.2. The van der Waals surface area contributed by atoms with Gasteiger partial charge in [-0.1, -0.05) is 417 Å². The van der Waals surface area contributed by atoms with Crippen LogP contribution in [0.5, 0.6) is 0 Å². The van der Waals surface area contributed by atoms with Crippen molar-refractivity contribution in [3.63, 3.8) is 0 Å². The average molecular weight is 1920 g/mol. The van der Waals surface area contributed by atoms with E-state index in [0.717, 1.165) is 0 Å². The number of benzene rings is 21. The van der Waals surface area contributed by atoms with Gasteiger partial charge < -0.3 is 0 Å². The minimum absolute atomic E-state index is 1.28. The van der Waals surface area contributed by atoms with Gasteiger partial charge in [-0.05, 0) is 216 Å². The zero-order chi connectivity index (χ0) is 94.7. The molecule has 7 heterocycles. The molecule has 0 radical (unpaired) electrons. The summed E-state index contributed by atoms with van der Waals surface area (Å²) in [6.07, 6.45) is 0. The molecule has 0 N–H and O–H groups in total. The van der Waals surface area contributed by atoms with Gasteiger partial charge in [0, 0.05) is 141 Å². The van der Waals surface area contributed by atoms with Crippen molar-refractivity contribution in [1.82, 2.24) is 0 Å². The van der Waals surface area contributed by atoms with E-state index in [2.05, 4.69) is 516 Å². The van der Waals surface area contributed by atoms with Crippen LogP contribution in [0.2, 0.25) is 0 Å². The van der Waals surface area contributed by atoms with E-state index in [1.165, 1.54) is 258 Å². The van der Waals surface area contributed by atoms with Crippen molar-refractivity contribution in [2.75, 3.05) is 0 Å². The molecule has 0 amide bonds. The highest BCUT2D eigenvalue weighted by atomic mass is 32.1. The molecule has 672 valence electrons. The number of aryl methyl sites for hydroxylation is 7. The van der Waals surface area contributed by atoms with Gasteiger partial charge in [0.15, 0.2) is 0 Å². The van der Waals surface area contributed by atoms with Gasteiger partial charge in [-0.25, -0.2) is 0 Å². The summed E-state index contributed by atoms with van der Waals surface area (Å²) < 4.78 is 19.2. The van der Waals surface area contributed by atoms with Gasteiger partial charge in [0.1, 0.15) is 0 Å². The van der Waals surface area contributed by atoms with Crippen molar-refractivity contribution in [2.45, 2.75) is 48.5 Å². The fraction of sp³-hybridized carbons (Fsp3) is 0.0526. The Morgan fingerprint density at radius 3 is 0.814 bits per heavy atom. The molecule has 21 aromatic carbocycles. The van der Waals surface area contributed by atoms with Gasteiger partial charge in [0.05, 0.1) is 0 Å². The van der Waals surface area contributed by atoms with Crippen molar-refractivity contribution in [2.24, 2.45) is 0 Å². The quantitative estimate of drug-likeness (QED) is 0.149. The van der Waals surface area contributed by atoms with E-state index in [1.54, 1.807) is 0 Å². The van der Waals surface area contributed by atoms with Gasteiger partial charge in [0.2, 0.25) is 0 Å². The van der Waals surface area contributed by atoms with Crippen LogP contribution in [0.4, 0.5) is 0 Å². The van der Waals surface area contributed by atoms with E-state index in [1.807, 2.05) is 79.4 Å². The van der Waals surface area contributed by atoms with Crippen LogP contribution in [0.15, 0.2) is 467 Å². The summed E-state index contributed by atoms with van der Waals surface area (Å²) >= 11 is 13.2. The largest absolute Gasteiger partial charge is 0.135 e. The molecule has 0 nitrogen and oxygen atoms in total.